The van der Waals surface area contributed by atoms with Gasteiger partial charge in [-0.05, 0) is 31.7 Å². The van der Waals surface area contributed by atoms with Crippen molar-refractivity contribution in [3.05, 3.63) is 30.7 Å². The Labute approximate surface area is 173 Å². The Hall–Kier alpha value is -2.99. The highest BCUT2D eigenvalue weighted by molar-refractivity contribution is 7.88. The van der Waals surface area contributed by atoms with Crippen LogP contribution < -0.4 is 9.62 Å². The van der Waals surface area contributed by atoms with E-state index < -0.39 is 22.0 Å². The normalized spacial score (nSPS) is 19.3. The van der Waals surface area contributed by atoms with Crippen LogP contribution in [-0.2, 0) is 19.6 Å². The Bertz CT molecular complexity index is 995. The lowest BCUT2D eigenvalue weighted by molar-refractivity contribution is -0.134. The van der Waals surface area contributed by atoms with Crippen LogP contribution in [0.15, 0.2) is 30.7 Å². The van der Waals surface area contributed by atoms with Crippen LogP contribution >= 0.6 is 0 Å². The molecular formula is C18H25N5O6S. The first-order valence-electron chi connectivity index (χ1n) is 9.19. The van der Waals surface area contributed by atoms with Crippen molar-refractivity contribution in [2.24, 2.45) is 0 Å². The summed E-state index contributed by atoms with van der Waals surface area (Å²) in [6, 6.07) is 2.40. The van der Waals surface area contributed by atoms with E-state index in [0.717, 1.165) is 42.5 Å². The molecule has 12 heteroatoms. The number of fused-ring (bicyclic) bond motifs is 1. The number of hydrogen-bond acceptors (Lipinski definition) is 7. The number of nitrogens with one attached hydrogen (secondary N) is 2. The minimum absolute atomic E-state index is 0.0531. The summed E-state index contributed by atoms with van der Waals surface area (Å²) >= 11 is 0. The molecule has 0 aliphatic heterocycles. The molecule has 30 heavy (non-hydrogen) atoms. The Morgan fingerprint density at radius 3 is 2.30 bits per heavy atom. The van der Waals surface area contributed by atoms with Crippen LogP contribution in [-0.4, -0.2) is 70.9 Å². The molecule has 1 fully saturated rings. The van der Waals surface area contributed by atoms with Crippen molar-refractivity contribution in [3.63, 3.8) is 0 Å². The number of carboxylic acid groups (broad SMARTS) is 2. The van der Waals surface area contributed by atoms with Crippen LogP contribution in [0.5, 0.6) is 0 Å². The monoisotopic (exact) mass is 439 g/mol. The number of nitrogens with zero attached hydrogens (tertiary/aromatic N) is 3. The van der Waals surface area contributed by atoms with Crippen molar-refractivity contribution in [1.82, 2.24) is 19.7 Å². The molecule has 0 spiro atoms. The fourth-order valence-corrected chi connectivity index (χ4v) is 4.18. The molecule has 2 aromatic rings. The third-order valence-electron chi connectivity index (χ3n) is 4.66. The van der Waals surface area contributed by atoms with E-state index in [1.54, 1.807) is 6.33 Å². The van der Waals surface area contributed by atoms with Crippen LogP contribution in [0.4, 0.5) is 5.82 Å². The third kappa shape index (κ3) is 7.12. The van der Waals surface area contributed by atoms with E-state index in [2.05, 4.69) is 24.6 Å². The van der Waals surface area contributed by atoms with E-state index in [4.69, 9.17) is 10.2 Å². The number of anilines is 1. The fourth-order valence-electron chi connectivity index (χ4n) is 3.34. The molecule has 0 radical (unpaired) electrons. The molecule has 4 N–H and O–H groups in total. The zero-order valence-electron chi connectivity index (χ0n) is 16.6. The zero-order valence-corrected chi connectivity index (χ0v) is 17.5. The zero-order chi connectivity index (χ0) is 22.3. The highest BCUT2D eigenvalue weighted by Crippen LogP contribution is 2.29. The van der Waals surface area contributed by atoms with Gasteiger partial charge in [-0.15, -0.1) is 0 Å². The third-order valence-corrected chi connectivity index (χ3v) is 5.42. The van der Waals surface area contributed by atoms with E-state index in [-0.39, 0.29) is 6.04 Å². The van der Waals surface area contributed by atoms with Gasteiger partial charge in [0.05, 0.1) is 11.6 Å². The minimum Gasteiger partial charge on any atom is -0.478 e. The first-order valence-corrected chi connectivity index (χ1v) is 11.1. The Kier molecular flexibility index (Phi) is 7.89. The molecule has 2 heterocycles. The number of aromatic nitrogens is 3. The Morgan fingerprint density at radius 1 is 1.17 bits per heavy atom. The highest BCUT2D eigenvalue weighted by atomic mass is 32.2. The molecule has 11 nitrogen and oxygen atoms in total. The predicted octanol–water partition coefficient (Wildman–Crippen LogP) is 0.966. The van der Waals surface area contributed by atoms with Gasteiger partial charge in [0.1, 0.15) is 17.8 Å². The van der Waals surface area contributed by atoms with Crippen LogP contribution in [0.2, 0.25) is 0 Å². The average Bonchev–Trinajstić information content (AvgIpc) is 3.14. The minimum atomic E-state index is -3.12. The van der Waals surface area contributed by atoms with Gasteiger partial charge in [0.2, 0.25) is 10.0 Å². The fraction of sp³-hybridized carbons (Fsp3) is 0.444. The van der Waals surface area contributed by atoms with Crippen LogP contribution in [0, 0.1) is 0 Å². The molecule has 0 atom stereocenters. The lowest BCUT2D eigenvalue weighted by atomic mass is 9.91. The second kappa shape index (κ2) is 10.2. The topological polar surface area (TPSA) is 166 Å². The first kappa shape index (κ1) is 23.3. The van der Waals surface area contributed by atoms with E-state index in [9.17, 15) is 18.0 Å². The second-order valence-corrected chi connectivity index (χ2v) is 8.73. The summed E-state index contributed by atoms with van der Waals surface area (Å²) in [5.74, 6) is -1.59. The Morgan fingerprint density at radius 2 is 1.77 bits per heavy atom. The molecule has 1 aliphatic carbocycles. The maximum absolute atomic E-state index is 11.3. The van der Waals surface area contributed by atoms with Crippen molar-refractivity contribution in [3.8, 4) is 0 Å². The number of rotatable bonds is 6. The number of aliphatic carboxylic acids is 2. The predicted molar refractivity (Wildman–Crippen MR) is 111 cm³/mol. The largest absolute Gasteiger partial charge is 0.478 e. The van der Waals surface area contributed by atoms with Crippen molar-refractivity contribution >= 4 is 38.8 Å². The number of hydrogen-bond donors (Lipinski definition) is 4. The number of aromatic amines is 1. The number of sulfonamides is 1. The SMILES string of the molecule is CN(c1ncnc2[nH]ccc12)C1CCC(NS(C)(=O)=O)CC1.O=C(O)/C=C\C(=O)O. The molecule has 1 aliphatic rings. The van der Waals surface area contributed by atoms with Gasteiger partial charge in [-0.2, -0.15) is 0 Å². The van der Waals surface area contributed by atoms with Gasteiger partial charge in [-0.25, -0.2) is 32.7 Å². The molecule has 0 aromatic carbocycles. The van der Waals surface area contributed by atoms with Crippen LogP contribution in [0.25, 0.3) is 11.0 Å². The molecule has 1 saturated carbocycles. The average molecular weight is 439 g/mol. The number of carbonyl (C=O) groups is 2. The summed E-state index contributed by atoms with van der Waals surface area (Å²) in [6.45, 7) is 0. The standard InChI is InChI=1S/C14H21N5O2S.C4H4O4/c1-19(14-12-7-8-15-13(12)16-9-17-14)11-5-3-10(4-6-11)18-22(2,20)21;5-3(6)1-2-4(7)8/h7-11,18H,3-6H2,1-2H3,(H,15,16,17);1-2H,(H,5,6)(H,7,8)/b;2-1-. The molecular weight excluding hydrogens is 414 g/mol. The summed E-state index contributed by atoms with van der Waals surface area (Å²) < 4.78 is 25.3. The number of carboxylic acids is 2. The van der Waals surface area contributed by atoms with Gasteiger partial charge in [0.15, 0.2) is 0 Å². The molecule has 0 bridgehead atoms. The van der Waals surface area contributed by atoms with Crippen LogP contribution in [0.3, 0.4) is 0 Å². The lowest BCUT2D eigenvalue weighted by Crippen LogP contribution is -2.42. The summed E-state index contributed by atoms with van der Waals surface area (Å²) in [5.41, 5.74) is 0.837. The summed E-state index contributed by atoms with van der Waals surface area (Å²) in [7, 11) is -1.08. The molecule has 3 rings (SSSR count). The van der Waals surface area contributed by atoms with Crippen LogP contribution in [0.1, 0.15) is 25.7 Å². The summed E-state index contributed by atoms with van der Waals surface area (Å²) in [6.07, 6.45) is 9.36. The maximum atomic E-state index is 11.3. The summed E-state index contributed by atoms with van der Waals surface area (Å²) in [5, 5.41) is 16.6. The maximum Gasteiger partial charge on any atom is 0.328 e. The summed E-state index contributed by atoms with van der Waals surface area (Å²) in [4.78, 5) is 33.0. The van der Waals surface area contributed by atoms with Gasteiger partial charge in [0.25, 0.3) is 0 Å². The second-order valence-electron chi connectivity index (χ2n) is 6.95. The smallest absolute Gasteiger partial charge is 0.328 e. The van der Waals surface area contributed by atoms with E-state index in [1.807, 2.05) is 19.3 Å². The molecule has 0 unspecified atom stereocenters. The van der Waals surface area contributed by atoms with Gasteiger partial charge < -0.3 is 20.1 Å². The van der Waals surface area contributed by atoms with Crippen molar-refractivity contribution in [1.29, 1.82) is 0 Å². The molecule has 0 saturated heterocycles. The van der Waals surface area contributed by atoms with Gasteiger partial charge in [-0.1, -0.05) is 0 Å². The van der Waals surface area contributed by atoms with Crippen molar-refractivity contribution in [2.45, 2.75) is 37.8 Å². The van der Waals surface area contributed by atoms with Crippen molar-refractivity contribution < 1.29 is 28.2 Å². The Balaban J connectivity index is 0.000000343. The number of H-pyrrole nitrogens is 1. The van der Waals surface area contributed by atoms with E-state index >= 15 is 0 Å². The quantitative estimate of drug-likeness (QED) is 0.480. The highest BCUT2D eigenvalue weighted by Gasteiger charge is 2.27. The van der Waals surface area contributed by atoms with E-state index in [1.165, 1.54) is 6.26 Å². The van der Waals surface area contributed by atoms with Crippen molar-refractivity contribution in [2.75, 3.05) is 18.2 Å². The van der Waals surface area contributed by atoms with Gasteiger partial charge in [0, 0.05) is 37.5 Å². The lowest BCUT2D eigenvalue weighted by Gasteiger charge is -2.35. The first-order chi connectivity index (χ1) is 14.1. The molecule has 0 amide bonds. The van der Waals surface area contributed by atoms with E-state index in [0.29, 0.717) is 18.2 Å². The molecule has 2 aromatic heterocycles. The van der Waals surface area contributed by atoms with Gasteiger partial charge in [-0.3, -0.25) is 0 Å². The van der Waals surface area contributed by atoms with Gasteiger partial charge >= 0.3 is 11.9 Å². The molecule has 164 valence electrons.